The standard InChI is InChI=1S/C26H29FN4O2/c1-16-20(21-12-19(27)8-9-23(21)29-16)13-24(33)31-11-10-22-25(18-6-4-3-5-7-18)28-14-26(22,15-31)30-17(2)32/h3-9,12,22,25,28-29H,10-11,13-15H2,1-2H3,(H,30,32)/t22-,25-,26+/m1/s1. The summed E-state index contributed by atoms with van der Waals surface area (Å²) in [4.78, 5) is 30.7. The van der Waals surface area contributed by atoms with Crippen LogP contribution in [0.15, 0.2) is 48.5 Å². The number of hydrogen-bond acceptors (Lipinski definition) is 3. The highest BCUT2D eigenvalue weighted by atomic mass is 19.1. The van der Waals surface area contributed by atoms with E-state index in [0.29, 0.717) is 19.6 Å². The molecule has 2 saturated heterocycles. The molecule has 0 saturated carbocycles. The van der Waals surface area contributed by atoms with E-state index in [9.17, 15) is 14.0 Å². The minimum Gasteiger partial charge on any atom is -0.358 e. The van der Waals surface area contributed by atoms with Crippen LogP contribution in [0, 0.1) is 18.7 Å². The summed E-state index contributed by atoms with van der Waals surface area (Å²) in [6.45, 7) is 5.15. The Labute approximate surface area is 192 Å². The second kappa shape index (κ2) is 8.30. The van der Waals surface area contributed by atoms with Crippen molar-refractivity contribution in [2.24, 2.45) is 5.92 Å². The second-order valence-corrected chi connectivity index (χ2v) is 9.41. The van der Waals surface area contributed by atoms with Crippen molar-refractivity contribution in [2.75, 3.05) is 19.6 Å². The third-order valence-corrected chi connectivity index (χ3v) is 7.28. The molecule has 5 rings (SSSR count). The highest BCUT2D eigenvalue weighted by Crippen LogP contribution is 2.42. The topological polar surface area (TPSA) is 77.2 Å². The molecule has 0 unspecified atom stereocenters. The average molecular weight is 449 g/mol. The minimum atomic E-state index is -0.512. The quantitative estimate of drug-likeness (QED) is 0.574. The largest absolute Gasteiger partial charge is 0.358 e. The number of carbonyl (C=O) groups is 2. The molecule has 3 N–H and O–H groups in total. The van der Waals surface area contributed by atoms with Crippen LogP contribution in [0.1, 0.15) is 36.2 Å². The Morgan fingerprint density at radius 1 is 1.21 bits per heavy atom. The number of likely N-dealkylation sites (tertiary alicyclic amines) is 1. The molecule has 2 fully saturated rings. The molecule has 2 aliphatic heterocycles. The lowest BCUT2D eigenvalue weighted by atomic mass is 9.75. The van der Waals surface area contributed by atoms with Crippen molar-refractivity contribution in [3.05, 3.63) is 71.2 Å². The van der Waals surface area contributed by atoms with Gasteiger partial charge in [0.2, 0.25) is 11.8 Å². The Kier molecular flexibility index (Phi) is 5.44. The number of nitrogens with zero attached hydrogens (tertiary/aromatic N) is 1. The molecule has 0 spiro atoms. The van der Waals surface area contributed by atoms with E-state index in [1.54, 1.807) is 6.07 Å². The van der Waals surface area contributed by atoms with Crippen LogP contribution in [0.4, 0.5) is 4.39 Å². The lowest BCUT2D eigenvalue weighted by Gasteiger charge is -2.45. The number of piperidine rings is 1. The molecule has 2 aromatic carbocycles. The molecule has 7 heteroatoms. The molecule has 3 atom stereocenters. The maximum atomic E-state index is 13.9. The first-order valence-corrected chi connectivity index (χ1v) is 11.5. The number of aryl methyl sites for hydroxylation is 1. The van der Waals surface area contributed by atoms with E-state index in [1.807, 2.05) is 30.0 Å². The molecule has 3 aromatic rings. The Bertz CT molecular complexity index is 1210. The second-order valence-electron chi connectivity index (χ2n) is 9.41. The van der Waals surface area contributed by atoms with Crippen molar-refractivity contribution < 1.29 is 14.0 Å². The molecular weight excluding hydrogens is 419 g/mol. The van der Waals surface area contributed by atoms with E-state index in [0.717, 1.165) is 28.6 Å². The SMILES string of the molecule is CC(=O)N[C@]12CN[C@H](c3ccccc3)[C@H]1CCN(C(=O)Cc1c(C)[nH]c3ccc(F)cc13)C2. The Morgan fingerprint density at radius 2 is 2.00 bits per heavy atom. The van der Waals surface area contributed by atoms with Crippen LogP contribution in [0.2, 0.25) is 0 Å². The molecular formula is C26H29FN4O2. The molecule has 33 heavy (non-hydrogen) atoms. The van der Waals surface area contributed by atoms with Gasteiger partial charge in [0.25, 0.3) is 0 Å². The molecule has 0 radical (unpaired) electrons. The van der Waals surface area contributed by atoms with Crippen molar-refractivity contribution in [1.82, 2.24) is 20.5 Å². The fourth-order valence-corrected chi connectivity index (χ4v) is 5.81. The number of amides is 2. The Hall–Kier alpha value is -3.19. The summed E-state index contributed by atoms with van der Waals surface area (Å²) in [6.07, 6.45) is 0.992. The monoisotopic (exact) mass is 448 g/mol. The first kappa shape index (κ1) is 21.6. The highest BCUT2D eigenvalue weighted by molar-refractivity contribution is 5.90. The summed E-state index contributed by atoms with van der Waals surface area (Å²) in [6, 6.07) is 15.0. The molecule has 0 bridgehead atoms. The maximum Gasteiger partial charge on any atom is 0.227 e. The van der Waals surface area contributed by atoms with Gasteiger partial charge in [-0.1, -0.05) is 30.3 Å². The van der Waals surface area contributed by atoms with Crippen LogP contribution >= 0.6 is 0 Å². The smallest absolute Gasteiger partial charge is 0.227 e. The summed E-state index contributed by atoms with van der Waals surface area (Å²) in [5, 5.41) is 7.55. The minimum absolute atomic E-state index is 0.00500. The van der Waals surface area contributed by atoms with E-state index in [4.69, 9.17) is 0 Å². The lowest BCUT2D eigenvalue weighted by Crippen LogP contribution is -2.64. The predicted molar refractivity (Wildman–Crippen MR) is 125 cm³/mol. The number of aromatic nitrogens is 1. The van der Waals surface area contributed by atoms with Gasteiger partial charge >= 0.3 is 0 Å². The van der Waals surface area contributed by atoms with Gasteiger partial charge in [0, 0.05) is 55.1 Å². The molecule has 172 valence electrons. The third kappa shape index (κ3) is 3.91. The number of halogens is 1. The molecule has 3 heterocycles. The molecule has 0 aliphatic carbocycles. The van der Waals surface area contributed by atoms with E-state index in [2.05, 4.69) is 27.8 Å². The predicted octanol–water partition coefficient (Wildman–Crippen LogP) is 3.23. The van der Waals surface area contributed by atoms with Crippen LogP contribution in [0.3, 0.4) is 0 Å². The zero-order valence-electron chi connectivity index (χ0n) is 19.0. The van der Waals surface area contributed by atoms with Crippen LogP contribution in [0.5, 0.6) is 0 Å². The first-order valence-electron chi connectivity index (χ1n) is 11.5. The number of rotatable bonds is 4. The van der Waals surface area contributed by atoms with E-state index >= 15 is 0 Å². The zero-order valence-corrected chi connectivity index (χ0v) is 19.0. The molecule has 2 amide bonds. The van der Waals surface area contributed by atoms with Crippen molar-refractivity contribution in [3.8, 4) is 0 Å². The van der Waals surface area contributed by atoms with Crippen LogP contribution in [-0.2, 0) is 16.0 Å². The summed E-state index contributed by atoms with van der Waals surface area (Å²) in [5.41, 5.74) is 3.22. The van der Waals surface area contributed by atoms with Gasteiger partial charge in [0.1, 0.15) is 5.82 Å². The normalized spacial score (nSPS) is 24.6. The maximum absolute atomic E-state index is 13.9. The lowest BCUT2D eigenvalue weighted by molar-refractivity contribution is -0.135. The summed E-state index contributed by atoms with van der Waals surface area (Å²) < 4.78 is 13.9. The van der Waals surface area contributed by atoms with Gasteiger partial charge in [-0.3, -0.25) is 9.59 Å². The highest BCUT2D eigenvalue weighted by Gasteiger charge is 2.53. The summed E-state index contributed by atoms with van der Waals surface area (Å²) in [7, 11) is 0. The van der Waals surface area contributed by atoms with Gasteiger partial charge in [-0.2, -0.15) is 0 Å². The zero-order chi connectivity index (χ0) is 23.2. The van der Waals surface area contributed by atoms with Gasteiger partial charge in [-0.05, 0) is 42.7 Å². The average Bonchev–Trinajstić information content (AvgIpc) is 3.30. The third-order valence-electron chi connectivity index (χ3n) is 7.28. The van der Waals surface area contributed by atoms with Crippen molar-refractivity contribution in [1.29, 1.82) is 0 Å². The molecule has 2 aliphatic rings. The van der Waals surface area contributed by atoms with Gasteiger partial charge in [0.05, 0.1) is 12.0 Å². The van der Waals surface area contributed by atoms with E-state index < -0.39 is 5.54 Å². The van der Waals surface area contributed by atoms with Crippen LogP contribution < -0.4 is 10.6 Å². The molecule has 1 aromatic heterocycles. The summed E-state index contributed by atoms with van der Waals surface area (Å²) >= 11 is 0. The number of aromatic amines is 1. The fourth-order valence-electron chi connectivity index (χ4n) is 5.81. The van der Waals surface area contributed by atoms with Crippen molar-refractivity contribution in [3.63, 3.8) is 0 Å². The van der Waals surface area contributed by atoms with Crippen molar-refractivity contribution in [2.45, 2.75) is 38.3 Å². The van der Waals surface area contributed by atoms with E-state index in [-0.39, 0.29) is 36.0 Å². The van der Waals surface area contributed by atoms with Gasteiger partial charge in [-0.25, -0.2) is 4.39 Å². The van der Waals surface area contributed by atoms with Crippen LogP contribution in [-0.4, -0.2) is 46.9 Å². The van der Waals surface area contributed by atoms with Gasteiger partial charge in [-0.15, -0.1) is 0 Å². The Balaban J connectivity index is 1.39. The number of carbonyl (C=O) groups excluding carboxylic acids is 2. The van der Waals surface area contributed by atoms with E-state index in [1.165, 1.54) is 24.6 Å². The number of benzene rings is 2. The number of H-pyrrole nitrogens is 1. The van der Waals surface area contributed by atoms with Crippen LogP contribution in [0.25, 0.3) is 10.9 Å². The first-order chi connectivity index (χ1) is 15.9. The summed E-state index contributed by atoms with van der Waals surface area (Å²) in [5.74, 6) is -0.219. The van der Waals surface area contributed by atoms with Gasteiger partial charge < -0.3 is 20.5 Å². The van der Waals surface area contributed by atoms with Crippen molar-refractivity contribution >= 4 is 22.7 Å². The number of fused-ring (bicyclic) bond motifs is 2. The number of hydrogen-bond donors (Lipinski definition) is 3. The van der Waals surface area contributed by atoms with Gasteiger partial charge in [0.15, 0.2) is 0 Å². The number of nitrogens with one attached hydrogen (secondary N) is 3. The fraction of sp³-hybridized carbons (Fsp3) is 0.385. The Morgan fingerprint density at radius 3 is 2.76 bits per heavy atom. The molecule has 6 nitrogen and oxygen atoms in total.